The van der Waals surface area contributed by atoms with Gasteiger partial charge in [-0.1, -0.05) is 29.8 Å². The number of rotatable bonds is 5. The molecule has 1 aliphatic heterocycles. The van der Waals surface area contributed by atoms with Crippen LogP contribution in [0.5, 0.6) is 0 Å². The number of carbonyl (C=O) groups is 1. The first-order valence-electron chi connectivity index (χ1n) is 7.50. The molecule has 2 atom stereocenters. The van der Waals surface area contributed by atoms with Crippen LogP contribution in [0.15, 0.2) is 30.5 Å². The summed E-state index contributed by atoms with van der Waals surface area (Å²) in [4.78, 5) is 17.5. The highest BCUT2D eigenvalue weighted by molar-refractivity contribution is 7.15. The smallest absolute Gasteiger partial charge is 0.255 e. The Balaban J connectivity index is 1.59. The number of benzene rings is 1. The van der Waals surface area contributed by atoms with Crippen molar-refractivity contribution in [1.82, 2.24) is 4.98 Å². The van der Waals surface area contributed by atoms with E-state index in [4.69, 9.17) is 22.1 Å². The summed E-state index contributed by atoms with van der Waals surface area (Å²) in [6.07, 6.45) is 3.54. The van der Waals surface area contributed by atoms with Crippen molar-refractivity contribution in [2.75, 3.05) is 11.9 Å². The standard InChI is InChI=1S/C16H18ClN3O2S/c17-13-4-2-1-3-10(13)7-12-9-19-16(23-12)20-15(21)14-6-5-11(8-18)22-14/h1-4,9,11,14H,5-8,18H2,(H,19,20,21)/t11-,14+/m1/s1. The van der Waals surface area contributed by atoms with Crippen LogP contribution in [0, 0.1) is 0 Å². The number of carbonyl (C=O) groups excluding carboxylic acids is 1. The van der Waals surface area contributed by atoms with Gasteiger partial charge in [-0.2, -0.15) is 0 Å². The number of nitrogens with two attached hydrogens (primary N) is 1. The van der Waals surface area contributed by atoms with Crippen molar-refractivity contribution in [2.45, 2.75) is 31.5 Å². The fourth-order valence-electron chi connectivity index (χ4n) is 2.53. The molecule has 0 spiro atoms. The lowest BCUT2D eigenvalue weighted by Gasteiger charge is -2.11. The molecule has 5 nitrogen and oxygen atoms in total. The molecule has 1 aliphatic rings. The second-order valence-corrected chi connectivity index (χ2v) is 6.97. The maximum atomic E-state index is 12.2. The fourth-order valence-corrected chi connectivity index (χ4v) is 3.58. The summed E-state index contributed by atoms with van der Waals surface area (Å²) < 4.78 is 5.59. The van der Waals surface area contributed by atoms with E-state index in [1.807, 2.05) is 24.3 Å². The Hall–Kier alpha value is -1.47. The molecule has 0 saturated carbocycles. The first kappa shape index (κ1) is 16.4. The first-order valence-corrected chi connectivity index (χ1v) is 8.69. The number of ether oxygens (including phenoxy) is 1. The van der Waals surface area contributed by atoms with Crippen LogP contribution >= 0.6 is 22.9 Å². The minimum Gasteiger partial charge on any atom is -0.364 e. The van der Waals surface area contributed by atoms with E-state index in [0.717, 1.165) is 21.9 Å². The summed E-state index contributed by atoms with van der Waals surface area (Å²) in [5.41, 5.74) is 6.60. The minimum absolute atomic E-state index is 0.0159. The third-order valence-corrected chi connectivity index (χ3v) is 5.05. The van der Waals surface area contributed by atoms with Crippen molar-refractivity contribution in [3.63, 3.8) is 0 Å². The molecular weight excluding hydrogens is 334 g/mol. The molecule has 1 aromatic heterocycles. The molecule has 122 valence electrons. The van der Waals surface area contributed by atoms with Crippen LogP contribution < -0.4 is 11.1 Å². The summed E-state index contributed by atoms with van der Waals surface area (Å²) in [6.45, 7) is 0.447. The third kappa shape index (κ3) is 4.09. The van der Waals surface area contributed by atoms with Crippen molar-refractivity contribution in [1.29, 1.82) is 0 Å². The number of amides is 1. The van der Waals surface area contributed by atoms with E-state index in [1.165, 1.54) is 11.3 Å². The van der Waals surface area contributed by atoms with Crippen molar-refractivity contribution in [2.24, 2.45) is 5.73 Å². The second kappa shape index (κ2) is 7.40. The molecule has 2 aromatic rings. The van der Waals surface area contributed by atoms with Crippen LogP contribution in [0.25, 0.3) is 0 Å². The van der Waals surface area contributed by atoms with Crippen LogP contribution in [0.4, 0.5) is 5.13 Å². The molecule has 1 saturated heterocycles. The van der Waals surface area contributed by atoms with Gasteiger partial charge in [0.2, 0.25) is 0 Å². The van der Waals surface area contributed by atoms with Gasteiger partial charge in [0, 0.05) is 29.1 Å². The van der Waals surface area contributed by atoms with Crippen LogP contribution in [-0.4, -0.2) is 29.6 Å². The Morgan fingerprint density at radius 3 is 3.00 bits per heavy atom. The zero-order chi connectivity index (χ0) is 16.2. The van der Waals surface area contributed by atoms with E-state index in [-0.39, 0.29) is 12.0 Å². The van der Waals surface area contributed by atoms with E-state index >= 15 is 0 Å². The average molecular weight is 352 g/mol. The topological polar surface area (TPSA) is 77.2 Å². The van der Waals surface area contributed by atoms with Gasteiger partial charge in [0.15, 0.2) is 5.13 Å². The summed E-state index contributed by atoms with van der Waals surface area (Å²) in [5.74, 6) is -0.153. The highest BCUT2D eigenvalue weighted by Gasteiger charge is 2.30. The Bertz CT molecular complexity index is 691. The highest BCUT2D eigenvalue weighted by Crippen LogP contribution is 2.26. The predicted molar refractivity (Wildman–Crippen MR) is 92.0 cm³/mol. The van der Waals surface area contributed by atoms with Gasteiger partial charge in [-0.15, -0.1) is 11.3 Å². The molecule has 0 radical (unpaired) electrons. The molecular formula is C16H18ClN3O2S. The summed E-state index contributed by atoms with van der Waals surface area (Å²) in [6, 6.07) is 7.71. The largest absolute Gasteiger partial charge is 0.364 e. The zero-order valence-electron chi connectivity index (χ0n) is 12.5. The van der Waals surface area contributed by atoms with Gasteiger partial charge in [0.1, 0.15) is 6.10 Å². The molecule has 0 unspecified atom stereocenters. The third-order valence-electron chi connectivity index (χ3n) is 3.77. The normalized spacial score (nSPS) is 20.6. The maximum Gasteiger partial charge on any atom is 0.255 e. The maximum absolute atomic E-state index is 12.2. The number of aromatic nitrogens is 1. The van der Waals surface area contributed by atoms with Crippen LogP contribution in [0.2, 0.25) is 5.02 Å². The highest BCUT2D eigenvalue weighted by atomic mass is 35.5. The molecule has 3 rings (SSSR count). The molecule has 2 heterocycles. The van der Waals surface area contributed by atoms with Gasteiger partial charge in [-0.3, -0.25) is 10.1 Å². The number of nitrogens with one attached hydrogen (secondary N) is 1. The molecule has 0 aliphatic carbocycles. The van der Waals surface area contributed by atoms with Gasteiger partial charge in [0.25, 0.3) is 5.91 Å². The quantitative estimate of drug-likeness (QED) is 0.868. The number of hydrogen-bond donors (Lipinski definition) is 2. The van der Waals surface area contributed by atoms with Gasteiger partial charge in [0.05, 0.1) is 6.10 Å². The number of hydrogen-bond acceptors (Lipinski definition) is 5. The fraction of sp³-hybridized carbons (Fsp3) is 0.375. The van der Waals surface area contributed by atoms with E-state index in [2.05, 4.69) is 10.3 Å². The van der Waals surface area contributed by atoms with Crippen molar-refractivity contribution >= 4 is 34.0 Å². The van der Waals surface area contributed by atoms with E-state index in [9.17, 15) is 4.79 Å². The van der Waals surface area contributed by atoms with Crippen molar-refractivity contribution < 1.29 is 9.53 Å². The summed E-state index contributed by atoms with van der Waals surface area (Å²) in [7, 11) is 0. The molecule has 1 fully saturated rings. The van der Waals surface area contributed by atoms with Crippen molar-refractivity contribution in [3.8, 4) is 0 Å². The van der Waals surface area contributed by atoms with E-state index in [0.29, 0.717) is 24.5 Å². The lowest BCUT2D eigenvalue weighted by Crippen LogP contribution is -2.29. The zero-order valence-corrected chi connectivity index (χ0v) is 14.1. The SMILES string of the molecule is NC[C@H]1CC[C@@H](C(=O)Nc2ncc(Cc3ccccc3Cl)s2)O1. The van der Waals surface area contributed by atoms with Gasteiger partial charge in [-0.05, 0) is 24.5 Å². The minimum atomic E-state index is -0.431. The van der Waals surface area contributed by atoms with Crippen molar-refractivity contribution in [3.05, 3.63) is 45.9 Å². The average Bonchev–Trinajstić information content (AvgIpc) is 3.19. The summed E-state index contributed by atoms with van der Waals surface area (Å²) in [5, 5.41) is 4.13. The van der Waals surface area contributed by atoms with Gasteiger partial charge in [-0.25, -0.2) is 4.98 Å². The molecule has 1 aromatic carbocycles. The van der Waals surface area contributed by atoms with E-state index < -0.39 is 6.10 Å². The summed E-state index contributed by atoms with van der Waals surface area (Å²) >= 11 is 7.61. The number of halogens is 1. The van der Waals surface area contributed by atoms with Crippen LogP contribution in [0.1, 0.15) is 23.3 Å². The molecule has 0 bridgehead atoms. The molecule has 1 amide bonds. The molecule has 7 heteroatoms. The molecule has 3 N–H and O–H groups in total. The Kier molecular flexibility index (Phi) is 5.27. The van der Waals surface area contributed by atoms with Gasteiger partial charge < -0.3 is 10.5 Å². The number of nitrogens with zero attached hydrogens (tertiary/aromatic N) is 1. The Morgan fingerprint density at radius 2 is 2.26 bits per heavy atom. The monoisotopic (exact) mass is 351 g/mol. The lowest BCUT2D eigenvalue weighted by atomic mass is 10.1. The van der Waals surface area contributed by atoms with Crippen LogP contribution in [0.3, 0.4) is 0 Å². The van der Waals surface area contributed by atoms with Crippen LogP contribution in [-0.2, 0) is 16.0 Å². The number of anilines is 1. The second-order valence-electron chi connectivity index (χ2n) is 5.45. The van der Waals surface area contributed by atoms with Gasteiger partial charge >= 0.3 is 0 Å². The number of thiazole rings is 1. The lowest BCUT2D eigenvalue weighted by molar-refractivity contribution is -0.126. The van der Waals surface area contributed by atoms with E-state index in [1.54, 1.807) is 6.20 Å². The Labute approximate surface area is 143 Å². The first-order chi connectivity index (χ1) is 11.2. The molecule has 23 heavy (non-hydrogen) atoms. The predicted octanol–water partition coefficient (Wildman–Crippen LogP) is 2.83. The Morgan fingerprint density at radius 1 is 1.43 bits per heavy atom.